The van der Waals surface area contributed by atoms with Crippen molar-refractivity contribution in [3.05, 3.63) is 31.8 Å². The zero-order valence-electron chi connectivity index (χ0n) is 10.2. The Morgan fingerprint density at radius 1 is 1.61 bits per heavy atom. The molecule has 5 heteroatoms. The number of hydrogen-bond donors (Lipinski definition) is 1. The van der Waals surface area contributed by atoms with Crippen molar-refractivity contribution in [2.24, 2.45) is 0 Å². The summed E-state index contributed by atoms with van der Waals surface area (Å²) in [5.74, 6) is 0.122. The Morgan fingerprint density at radius 3 is 3.00 bits per heavy atom. The fourth-order valence-corrected chi connectivity index (χ4v) is 3.20. The van der Waals surface area contributed by atoms with Gasteiger partial charge < -0.3 is 10.2 Å². The molecule has 0 spiro atoms. The van der Waals surface area contributed by atoms with Crippen LogP contribution in [0, 0.1) is 3.57 Å². The van der Waals surface area contributed by atoms with Gasteiger partial charge in [0.1, 0.15) is 0 Å². The summed E-state index contributed by atoms with van der Waals surface area (Å²) in [7, 11) is 0. The lowest BCUT2D eigenvalue weighted by Gasteiger charge is -2.27. The van der Waals surface area contributed by atoms with Gasteiger partial charge in [-0.05, 0) is 76.6 Å². The molecule has 0 aromatic heterocycles. The molecule has 0 aliphatic carbocycles. The predicted octanol–water partition coefficient (Wildman–Crippen LogP) is 2.88. The number of hydrogen-bond acceptors (Lipinski definition) is 2. The second-order valence-corrected chi connectivity index (χ2v) is 6.46. The summed E-state index contributed by atoms with van der Waals surface area (Å²) in [6, 6.07) is 6.20. The molecular weight excluding hydrogens is 407 g/mol. The van der Waals surface area contributed by atoms with Crippen LogP contribution in [-0.4, -0.2) is 36.5 Å². The van der Waals surface area contributed by atoms with Crippen LogP contribution in [0.15, 0.2) is 22.7 Å². The van der Waals surface area contributed by atoms with Crippen LogP contribution < -0.4 is 5.32 Å². The molecule has 2 rings (SSSR count). The molecule has 1 amide bonds. The Kier molecular flexibility index (Phi) is 5.03. The molecule has 18 heavy (non-hydrogen) atoms. The highest BCUT2D eigenvalue weighted by atomic mass is 127. The average molecular weight is 423 g/mol. The molecule has 1 aliphatic rings. The van der Waals surface area contributed by atoms with E-state index in [1.165, 1.54) is 0 Å². The van der Waals surface area contributed by atoms with Crippen LogP contribution in [0.3, 0.4) is 0 Å². The first-order valence-electron chi connectivity index (χ1n) is 6.10. The molecule has 3 nitrogen and oxygen atoms in total. The smallest absolute Gasteiger partial charge is 0.255 e. The van der Waals surface area contributed by atoms with E-state index in [0.29, 0.717) is 6.04 Å². The van der Waals surface area contributed by atoms with Crippen molar-refractivity contribution in [2.45, 2.75) is 19.4 Å². The maximum Gasteiger partial charge on any atom is 0.255 e. The highest BCUT2D eigenvalue weighted by Crippen LogP contribution is 2.22. The summed E-state index contributed by atoms with van der Waals surface area (Å²) < 4.78 is 1.96. The van der Waals surface area contributed by atoms with E-state index in [1.807, 2.05) is 30.0 Å². The summed E-state index contributed by atoms with van der Waals surface area (Å²) in [6.45, 7) is 4.70. The number of carbonyl (C=O) groups excluding carboxylic acids is 1. The molecule has 0 bridgehead atoms. The summed E-state index contributed by atoms with van der Waals surface area (Å²) in [6.07, 6.45) is 1.04. The number of halogens is 2. The minimum Gasteiger partial charge on any atom is -0.335 e. The summed E-state index contributed by atoms with van der Waals surface area (Å²) in [4.78, 5) is 14.6. The number of likely N-dealkylation sites (N-methyl/N-ethyl adjacent to an activating group) is 1. The van der Waals surface area contributed by atoms with Crippen LogP contribution in [0.4, 0.5) is 0 Å². The zero-order valence-corrected chi connectivity index (χ0v) is 14.0. The molecular formula is C13H16BrIN2O. The second-order valence-electron chi connectivity index (χ2n) is 4.36. The number of nitrogens with zero attached hydrogens (tertiary/aromatic N) is 1. The van der Waals surface area contributed by atoms with Crippen LogP contribution in [0.1, 0.15) is 23.7 Å². The normalized spacial score (nSPS) is 18.9. The minimum atomic E-state index is 0.122. The zero-order chi connectivity index (χ0) is 13.1. The lowest BCUT2D eigenvalue weighted by Crippen LogP contribution is -2.41. The van der Waals surface area contributed by atoms with Gasteiger partial charge in [-0.3, -0.25) is 4.79 Å². The Bertz CT molecular complexity index is 447. The molecule has 1 N–H and O–H groups in total. The van der Waals surface area contributed by atoms with E-state index in [1.54, 1.807) is 0 Å². The number of carbonyl (C=O) groups is 1. The van der Waals surface area contributed by atoms with Gasteiger partial charge in [-0.2, -0.15) is 0 Å². The van der Waals surface area contributed by atoms with Crippen molar-refractivity contribution in [1.29, 1.82) is 0 Å². The first-order chi connectivity index (χ1) is 8.63. The molecule has 1 aliphatic heterocycles. The first-order valence-corrected chi connectivity index (χ1v) is 7.97. The van der Waals surface area contributed by atoms with E-state index < -0.39 is 0 Å². The van der Waals surface area contributed by atoms with Gasteiger partial charge in [-0.25, -0.2) is 0 Å². The molecule has 1 heterocycles. The van der Waals surface area contributed by atoms with Crippen molar-refractivity contribution >= 4 is 44.4 Å². The van der Waals surface area contributed by atoms with Crippen molar-refractivity contribution in [3.63, 3.8) is 0 Å². The van der Waals surface area contributed by atoms with Gasteiger partial charge in [0.05, 0.1) is 5.56 Å². The molecule has 98 valence electrons. The van der Waals surface area contributed by atoms with Crippen LogP contribution in [0.25, 0.3) is 0 Å². The van der Waals surface area contributed by atoms with Gasteiger partial charge in [-0.15, -0.1) is 0 Å². The van der Waals surface area contributed by atoms with Crippen molar-refractivity contribution in [2.75, 3.05) is 19.6 Å². The Hall–Kier alpha value is -0.140. The molecule has 0 radical (unpaired) electrons. The quantitative estimate of drug-likeness (QED) is 0.759. The Morgan fingerprint density at radius 2 is 2.39 bits per heavy atom. The number of benzene rings is 1. The maximum atomic E-state index is 12.6. The molecule has 1 fully saturated rings. The fraction of sp³-hybridized carbons (Fsp3) is 0.462. The van der Waals surface area contributed by atoms with Crippen LogP contribution in [-0.2, 0) is 0 Å². The first kappa shape index (κ1) is 14.3. The molecule has 1 saturated heterocycles. The lowest BCUT2D eigenvalue weighted by atomic mass is 10.1. The van der Waals surface area contributed by atoms with Crippen molar-refractivity contribution < 1.29 is 4.79 Å². The molecule has 1 unspecified atom stereocenters. The highest BCUT2D eigenvalue weighted by molar-refractivity contribution is 14.1. The SMILES string of the molecule is CCN(C(=O)c1cc(I)ccc1Br)C1CCNC1. The molecule has 1 atom stereocenters. The van der Waals surface area contributed by atoms with Gasteiger partial charge in [-0.1, -0.05) is 0 Å². The molecule has 0 saturated carbocycles. The third kappa shape index (κ3) is 3.05. The van der Waals surface area contributed by atoms with Gasteiger partial charge in [0.2, 0.25) is 0 Å². The number of amides is 1. The van der Waals surface area contributed by atoms with Crippen molar-refractivity contribution in [1.82, 2.24) is 10.2 Å². The lowest BCUT2D eigenvalue weighted by molar-refractivity contribution is 0.0703. The van der Waals surface area contributed by atoms with Gasteiger partial charge in [0.25, 0.3) is 5.91 Å². The third-order valence-corrected chi connectivity index (χ3v) is 4.60. The van der Waals surface area contributed by atoms with Crippen molar-refractivity contribution in [3.8, 4) is 0 Å². The van der Waals surface area contributed by atoms with Crippen LogP contribution in [0.2, 0.25) is 0 Å². The van der Waals surface area contributed by atoms with Gasteiger partial charge in [0, 0.05) is 27.2 Å². The Balaban J connectivity index is 2.25. The van der Waals surface area contributed by atoms with Gasteiger partial charge in [0.15, 0.2) is 0 Å². The summed E-state index contributed by atoms with van der Waals surface area (Å²) >= 11 is 5.71. The van der Waals surface area contributed by atoms with Gasteiger partial charge >= 0.3 is 0 Å². The number of rotatable bonds is 3. The van der Waals surface area contributed by atoms with E-state index in [9.17, 15) is 4.79 Å². The van der Waals surface area contributed by atoms with E-state index in [0.717, 1.165) is 39.7 Å². The Labute approximate surface area is 130 Å². The summed E-state index contributed by atoms with van der Waals surface area (Å²) in [5.41, 5.74) is 0.760. The third-order valence-electron chi connectivity index (χ3n) is 3.24. The minimum absolute atomic E-state index is 0.122. The second kappa shape index (κ2) is 6.34. The fourth-order valence-electron chi connectivity index (χ4n) is 2.29. The van der Waals surface area contributed by atoms with E-state index >= 15 is 0 Å². The average Bonchev–Trinajstić information content (AvgIpc) is 2.87. The van der Waals surface area contributed by atoms with Crippen LogP contribution >= 0.6 is 38.5 Å². The largest absolute Gasteiger partial charge is 0.335 e. The predicted molar refractivity (Wildman–Crippen MR) is 84.8 cm³/mol. The monoisotopic (exact) mass is 422 g/mol. The van der Waals surface area contributed by atoms with E-state index in [-0.39, 0.29) is 5.91 Å². The standard InChI is InChI=1S/C13H16BrIN2O/c1-2-17(10-5-6-16-8-10)13(18)11-7-9(15)3-4-12(11)14/h3-4,7,10,16H,2,5-6,8H2,1H3. The number of nitrogens with one attached hydrogen (secondary N) is 1. The van der Waals surface area contributed by atoms with E-state index in [2.05, 4.69) is 43.8 Å². The van der Waals surface area contributed by atoms with E-state index in [4.69, 9.17) is 0 Å². The highest BCUT2D eigenvalue weighted by Gasteiger charge is 2.27. The molecule has 1 aromatic carbocycles. The molecule has 1 aromatic rings. The summed E-state index contributed by atoms with van der Waals surface area (Å²) in [5, 5.41) is 3.31. The topological polar surface area (TPSA) is 32.3 Å². The maximum absolute atomic E-state index is 12.6. The van der Waals surface area contributed by atoms with Crippen LogP contribution in [0.5, 0.6) is 0 Å².